The number of carbonyl (C=O) groups is 2. The number of rotatable bonds is 6. The number of amides is 1. The van der Waals surface area contributed by atoms with Gasteiger partial charge in [-0.15, -0.1) is 22.6 Å². The molecule has 28 heavy (non-hydrogen) atoms. The van der Waals surface area contributed by atoms with Crippen LogP contribution in [0.4, 0.5) is 0 Å². The molecule has 2 fully saturated rings. The third kappa shape index (κ3) is 5.87. The predicted molar refractivity (Wildman–Crippen MR) is 111 cm³/mol. The van der Waals surface area contributed by atoms with Gasteiger partial charge >= 0.3 is 5.97 Å². The molecule has 158 valence electrons. The number of nitrogens with one attached hydrogen (secondary N) is 1. The zero-order valence-electron chi connectivity index (χ0n) is 16.7. The van der Waals surface area contributed by atoms with Crippen LogP contribution in [0, 0.1) is 5.92 Å². The van der Waals surface area contributed by atoms with Crippen molar-refractivity contribution in [3.05, 3.63) is 10.0 Å². The van der Waals surface area contributed by atoms with E-state index in [1.165, 1.54) is 18.4 Å². The largest absolute Gasteiger partial charge is 0.469 e. The summed E-state index contributed by atoms with van der Waals surface area (Å²) in [6.07, 6.45) is 7.56. The Morgan fingerprint density at radius 2 is 1.82 bits per heavy atom. The molecule has 0 bridgehead atoms. The summed E-state index contributed by atoms with van der Waals surface area (Å²) < 4.78 is 4.72. The molecule has 0 spiro atoms. The fraction of sp³-hybridized carbons (Fsp3) is 0.789. The van der Waals surface area contributed by atoms with Crippen LogP contribution in [0.2, 0.25) is 0 Å². The van der Waals surface area contributed by atoms with Crippen LogP contribution in [0.15, 0.2) is 0 Å². The average Bonchev–Trinajstić information content (AvgIpc) is 3.22. The van der Waals surface area contributed by atoms with Gasteiger partial charge in [-0.2, -0.15) is 0 Å². The number of carbonyl (C=O) groups excluding carboxylic acids is 2. The zero-order valence-corrected chi connectivity index (χ0v) is 18.3. The van der Waals surface area contributed by atoms with E-state index in [1.807, 2.05) is 11.9 Å². The number of piperidine rings is 1. The van der Waals surface area contributed by atoms with Gasteiger partial charge in [-0.1, -0.05) is 11.3 Å². The molecule has 0 radical (unpaired) electrons. The van der Waals surface area contributed by atoms with E-state index < -0.39 is 0 Å². The highest BCUT2D eigenvalue weighted by Gasteiger charge is 2.29. The highest BCUT2D eigenvalue weighted by molar-refractivity contribution is 7.13. The van der Waals surface area contributed by atoms with E-state index in [0.29, 0.717) is 23.3 Å². The lowest BCUT2D eigenvalue weighted by molar-refractivity contribution is -0.141. The summed E-state index contributed by atoms with van der Waals surface area (Å²) in [7, 11) is 3.32. The molecule has 2 aliphatic rings. The first-order valence-corrected chi connectivity index (χ1v) is 10.8. The van der Waals surface area contributed by atoms with Crippen molar-refractivity contribution in [1.82, 2.24) is 20.4 Å². The van der Waals surface area contributed by atoms with Crippen LogP contribution >= 0.6 is 23.7 Å². The van der Waals surface area contributed by atoms with Crippen molar-refractivity contribution < 1.29 is 14.3 Å². The van der Waals surface area contributed by atoms with Gasteiger partial charge in [0.2, 0.25) is 5.01 Å². The molecule has 1 N–H and O–H groups in total. The van der Waals surface area contributed by atoms with Gasteiger partial charge in [0.05, 0.1) is 7.11 Å². The number of hydrogen-bond donors (Lipinski definition) is 1. The first kappa shape index (κ1) is 23.0. The molecule has 3 rings (SSSR count). The maximum atomic E-state index is 12.8. The Kier molecular flexibility index (Phi) is 9.11. The predicted octanol–water partition coefficient (Wildman–Crippen LogP) is 3.01. The molecule has 2 heterocycles. The van der Waals surface area contributed by atoms with Gasteiger partial charge in [-0.25, -0.2) is 0 Å². The van der Waals surface area contributed by atoms with Crippen LogP contribution in [0.1, 0.15) is 72.1 Å². The van der Waals surface area contributed by atoms with Gasteiger partial charge in [0.25, 0.3) is 5.91 Å². The minimum absolute atomic E-state index is 0. The van der Waals surface area contributed by atoms with E-state index in [-0.39, 0.29) is 30.3 Å². The molecule has 1 amide bonds. The molecule has 9 heteroatoms. The Morgan fingerprint density at radius 1 is 1.14 bits per heavy atom. The molecule has 1 saturated heterocycles. The Bertz CT molecular complexity index is 643. The van der Waals surface area contributed by atoms with Crippen molar-refractivity contribution in [2.45, 2.75) is 63.3 Å². The third-order valence-electron chi connectivity index (χ3n) is 5.98. The van der Waals surface area contributed by atoms with Gasteiger partial charge in [0.15, 0.2) is 0 Å². The molecule has 0 aromatic carbocycles. The van der Waals surface area contributed by atoms with Crippen LogP contribution in [-0.2, 0) is 9.53 Å². The third-order valence-corrected chi connectivity index (χ3v) is 7.05. The van der Waals surface area contributed by atoms with Crippen LogP contribution in [0.5, 0.6) is 0 Å². The number of methoxy groups -OCH3 is 1. The molecule has 1 aromatic rings. The molecule has 0 atom stereocenters. The summed E-state index contributed by atoms with van der Waals surface area (Å²) in [5.74, 6) is 0.841. The Hall–Kier alpha value is -1.25. The van der Waals surface area contributed by atoms with Gasteiger partial charge in [0.1, 0.15) is 5.01 Å². The van der Waals surface area contributed by atoms with Crippen molar-refractivity contribution in [2.75, 3.05) is 27.2 Å². The first-order valence-electron chi connectivity index (χ1n) is 9.96. The molecular formula is C19H31ClN4O3S. The van der Waals surface area contributed by atoms with Crippen LogP contribution in [-0.4, -0.2) is 60.3 Å². The molecule has 1 saturated carbocycles. The number of esters is 1. The standard InChI is InChI=1S/C19H30N4O3S.ClH/c1-23(15-6-3-13(4-7-15)5-8-16(24)26-2)19(25)18-22-21-17(27-18)14-9-11-20-12-10-14;/h13-15,20H,3-12H2,1-2H3;1H/t13-,15-;. The van der Waals surface area contributed by atoms with Crippen molar-refractivity contribution in [2.24, 2.45) is 5.92 Å². The molecule has 1 aliphatic heterocycles. The minimum Gasteiger partial charge on any atom is -0.469 e. The fourth-order valence-corrected chi connectivity index (χ4v) is 5.11. The number of ether oxygens (including phenoxy) is 1. The van der Waals surface area contributed by atoms with Gasteiger partial charge in [-0.05, 0) is 64.0 Å². The smallest absolute Gasteiger partial charge is 0.305 e. The number of halogens is 1. The summed E-state index contributed by atoms with van der Waals surface area (Å²) in [5.41, 5.74) is 0. The highest BCUT2D eigenvalue weighted by atomic mass is 35.5. The van der Waals surface area contributed by atoms with Gasteiger partial charge in [-0.3, -0.25) is 9.59 Å². The van der Waals surface area contributed by atoms with E-state index >= 15 is 0 Å². The topological polar surface area (TPSA) is 84.4 Å². The summed E-state index contributed by atoms with van der Waals surface area (Å²) in [6, 6.07) is 0.248. The summed E-state index contributed by atoms with van der Waals surface area (Å²) in [6.45, 7) is 2.01. The van der Waals surface area contributed by atoms with Crippen LogP contribution < -0.4 is 5.32 Å². The van der Waals surface area contributed by atoms with E-state index in [2.05, 4.69) is 15.5 Å². The van der Waals surface area contributed by atoms with Crippen molar-refractivity contribution >= 4 is 35.6 Å². The minimum atomic E-state index is -0.134. The Morgan fingerprint density at radius 3 is 2.46 bits per heavy atom. The lowest BCUT2D eigenvalue weighted by atomic mass is 9.83. The second kappa shape index (κ2) is 11.1. The monoisotopic (exact) mass is 430 g/mol. The SMILES string of the molecule is COC(=O)CC[C@H]1CC[C@H](N(C)C(=O)c2nnc(C3CCNCC3)s2)CC1.Cl. The quantitative estimate of drug-likeness (QED) is 0.698. The van der Waals surface area contributed by atoms with E-state index in [0.717, 1.165) is 63.0 Å². The van der Waals surface area contributed by atoms with Crippen molar-refractivity contribution in [3.63, 3.8) is 0 Å². The summed E-state index contributed by atoms with van der Waals surface area (Å²) in [5, 5.41) is 13.4. The lowest BCUT2D eigenvalue weighted by Gasteiger charge is -2.34. The second-order valence-corrected chi connectivity index (χ2v) is 8.68. The van der Waals surface area contributed by atoms with E-state index in [4.69, 9.17) is 4.74 Å². The Balaban J connectivity index is 0.00000280. The van der Waals surface area contributed by atoms with Gasteiger partial charge < -0.3 is 15.0 Å². The van der Waals surface area contributed by atoms with Crippen molar-refractivity contribution in [1.29, 1.82) is 0 Å². The zero-order chi connectivity index (χ0) is 19.2. The maximum absolute atomic E-state index is 12.8. The molecule has 1 aromatic heterocycles. The number of nitrogens with zero attached hydrogens (tertiary/aromatic N) is 3. The normalized spacial score (nSPS) is 22.9. The summed E-state index contributed by atoms with van der Waals surface area (Å²) in [4.78, 5) is 26.0. The number of aromatic nitrogens is 2. The lowest BCUT2D eigenvalue weighted by Crippen LogP contribution is -2.39. The first-order chi connectivity index (χ1) is 13.1. The van der Waals surface area contributed by atoms with Gasteiger partial charge in [0, 0.05) is 25.4 Å². The fourth-order valence-electron chi connectivity index (χ4n) is 4.12. The van der Waals surface area contributed by atoms with E-state index in [9.17, 15) is 9.59 Å². The second-order valence-electron chi connectivity index (χ2n) is 7.68. The van der Waals surface area contributed by atoms with Crippen LogP contribution in [0.25, 0.3) is 0 Å². The molecule has 0 unspecified atom stereocenters. The molecular weight excluding hydrogens is 400 g/mol. The average molecular weight is 431 g/mol. The van der Waals surface area contributed by atoms with Crippen LogP contribution in [0.3, 0.4) is 0 Å². The maximum Gasteiger partial charge on any atom is 0.305 e. The summed E-state index contributed by atoms with van der Waals surface area (Å²) >= 11 is 1.46. The molecule has 1 aliphatic carbocycles. The number of hydrogen-bond acceptors (Lipinski definition) is 7. The molecule has 7 nitrogen and oxygen atoms in total. The van der Waals surface area contributed by atoms with E-state index in [1.54, 1.807) is 0 Å². The Labute approximate surface area is 177 Å². The highest BCUT2D eigenvalue weighted by Crippen LogP contribution is 2.32. The van der Waals surface area contributed by atoms with Crippen molar-refractivity contribution in [3.8, 4) is 0 Å².